The molecule has 0 bridgehead atoms. The SMILES string of the molecule is C[NH+](CC(=O)Nc1cc(Cl)ccc1Oc1ccccc1)[C@@H]1CCS(=O)(=O)C1. The van der Waals surface area contributed by atoms with Gasteiger partial charge in [0.1, 0.15) is 17.5 Å². The lowest BCUT2D eigenvalue weighted by atomic mass is 10.2. The molecule has 1 heterocycles. The molecule has 2 N–H and O–H groups in total. The second-order valence-electron chi connectivity index (χ2n) is 6.73. The maximum absolute atomic E-state index is 12.5. The summed E-state index contributed by atoms with van der Waals surface area (Å²) in [5.41, 5.74) is 0.475. The summed E-state index contributed by atoms with van der Waals surface area (Å²) in [7, 11) is -1.13. The molecule has 144 valence electrons. The molecular weight excluding hydrogens is 388 g/mol. The molecule has 0 saturated carbocycles. The van der Waals surface area contributed by atoms with Gasteiger partial charge in [0.25, 0.3) is 5.91 Å². The zero-order valence-corrected chi connectivity index (χ0v) is 16.5. The van der Waals surface area contributed by atoms with Crippen molar-refractivity contribution in [3.63, 3.8) is 0 Å². The van der Waals surface area contributed by atoms with Crippen LogP contribution in [0.5, 0.6) is 11.5 Å². The molecule has 27 heavy (non-hydrogen) atoms. The van der Waals surface area contributed by atoms with Crippen molar-refractivity contribution in [3.8, 4) is 11.5 Å². The monoisotopic (exact) mass is 409 g/mol. The van der Waals surface area contributed by atoms with Crippen LogP contribution in [0.25, 0.3) is 0 Å². The topological polar surface area (TPSA) is 76.9 Å². The predicted molar refractivity (Wildman–Crippen MR) is 105 cm³/mol. The maximum atomic E-state index is 12.5. The number of sulfone groups is 1. The molecule has 1 unspecified atom stereocenters. The minimum Gasteiger partial charge on any atom is -0.455 e. The van der Waals surface area contributed by atoms with Gasteiger partial charge in [0.2, 0.25) is 0 Å². The zero-order valence-electron chi connectivity index (χ0n) is 14.9. The van der Waals surface area contributed by atoms with E-state index in [0.29, 0.717) is 28.6 Å². The third kappa shape index (κ3) is 5.45. The van der Waals surface area contributed by atoms with Crippen LogP contribution >= 0.6 is 11.6 Å². The van der Waals surface area contributed by atoms with E-state index in [2.05, 4.69) is 5.32 Å². The molecule has 2 aromatic rings. The Hall–Kier alpha value is -2.09. The highest BCUT2D eigenvalue weighted by Gasteiger charge is 2.34. The third-order valence-corrected chi connectivity index (χ3v) is 6.56. The third-order valence-electron chi connectivity index (χ3n) is 4.56. The fourth-order valence-electron chi connectivity index (χ4n) is 3.08. The maximum Gasteiger partial charge on any atom is 0.279 e. The first-order valence-electron chi connectivity index (χ1n) is 8.67. The van der Waals surface area contributed by atoms with Crippen molar-refractivity contribution in [1.82, 2.24) is 0 Å². The van der Waals surface area contributed by atoms with Crippen LogP contribution in [0.3, 0.4) is 0 Å². The molecule has 0 spiro atoms. The van der Waals surface area contributed by atoms with Crippen molar-refractivity contribution in [2.45, 2.75) is 12.5 Å². The van der Waals surface area contributed by atoms with E-state index < -0.39 is 9.84 Å². The molecule has 8 heteroatoms. The molecule has 6 nitrogen and oxygen atoms in total. The molecule has 0 aromatic heterocycles. The molecule has 2 atom stereocenters. The number of hydrogen-bond donors (Lipinski definition) is 2. The molecular formula is C19H22ClN2O4S+. The first-order valence-corrected chi connectivity index (χ1v) is 10.9. The number of ether oxygens (including phenoxy) is 1. The number of rotatable bonds is 6. The zero-order chi connectivity index (χ0) is 19.4. The lowest BCUT2D eigenvalue weighted by Crippen LogP contribution is -3.14. The molecule has 1 fully saturated rings. The number of carbonyl (C=O) groups excluding carboxylic acids is 1. The van der Waals surface area contributed by atoms with Crippen LogP contribution in [0.2, 0.25) is 5.02 Å². The summed E-state index contributed by atoms with van der Waals surface area (Å²) in [6.07, 6.45) is 0.584. The first kappa shape index (κ1) is 19.7. The molecule has 3 rings (SSSR count). The van der Waals surface area contributed by atoms with E-state index in [1.807, 2.05) is 37.4 Å². The number of halogens is 1. The molecule has 1 amide bonds. The number of carbonyl (C=O) groups is 1. The minimum absolute atomic E-state index is 0.0554. The summed E-state index contributed by atoms with van der Waals surface area (Å²) >= 11 is 6.07. The molecule has 1 saturated heterocycles. The number of nitrogens with one attached hydrogen (secondary N) is 2. The van der Waals surface area contributed by atoms with Crippen LogP contribution in [0, 0.1) is 0 Å². The largest absolute Gasteiger partial charge is 0.455 e. The van der Waals surface area contributed by atoms with Crippen LogP contribution in [-0.2, 0) is 14.6 Å². The van der Waals surface area contributed by atoms with Gasteiger partial charge in [-0.3, -0.25) is 4.79 Å². The van der Waals surface area contributed by atoms with Gasteiger partial charge in [0.15, 0.2) is 22.1 Å². The second-order valence-corrected chi connectivity index (χ2v) is 9.39. The minimum atomic E-state index is -2.97. The van der Waals surface area contributed by atoms with Gasteiger partial charge in [-0.25, -0.2) is 8.42 Å². The highest BCUT2D eigenvalue weighted by Crippen LogP contribution is 2.31. The lowest BCUT2D eigenvalue weighted by Gasteiger charge is -2.20. The van der Waals surface area contributed by atoms with Gasteiger partial charge in [-0.15, -0.1) is 0 Å². The van der Waals surface area contributed by atoms with Crippen molar-refractivity contribution >= 4 is 33.0 Å². The Morgan fingerprint density at radius 3 is 2.67 bits per heavy atom. The highest BCUT2D eigenvalue weighted by molar-refractivity contribution is 7.91. The molecule has 0 aliphatic carbocycles. The smallest absolute Gasteiger partial charge is 0.279 e. The van der Waals surface area contributed by atoms with Crippen LogP contribution in [-0.4, -0.2) is 45.5 Å². The van der Waals surface area contributed by atoms with Crippen molar-refractivity contribution in [1.29, 1.82) is 0 Å². The van der Waals surface area contributed by atoms with Gasteiger partial charge in [-0.05, 0) is 30.3 Å². The Bertz CT molecular complexity index is 919. The van der Waals surface area contributed by atoms with Crippen LogP contribution in [0.1, 0.15) is 6.42 Å². The lowest BCUT2D eigenvalue weighted by molar-refractivity contribution is -0.894. The van der Waals surface area contributed by atoms with E-state index in [-0.39, 0.29) is 30.0 Å². The van der Waals surface area contributed by atoms with Crippen molar-refractivity contribution in [3.05, 3.63) is 53.6 Å². The summed E-state index contributed by atoms with van der Waals surface area (Å²) in [4.78, 5) is 13.4. The average Bonchev–Trinajstić information content (AvgIpc) is 2.98. The van der Waals surface area contributed by atoms with Gasteiger partial charge >= 0.3 is 0 Å². The Morgan fingerprint density at radius 2 is 2.00 bits per heavy atom. The summed E-state index contributed by atoms with van der Waals surface area (Å²) < 4.78 is 29.1. The predicted octanol–water partition coefficient (Wildman–Crippen LogP) is 1.77. The molecule has 1 aliphatic heterocycles. The highest BCUT2D eigenvalue weighted by atomic mass is 35.5. The van der Waals surface area contributed by atoms with Crippen molar-refractivity contribution < 1.29 is 22.8 Å². The normalized spacial score (nSPS) is 19.4. The van der Waals surface area contributed by atoms with Crippen LogP contribution < -0.4 is 15.0 Å². The Labute approximate surface area is 164 Å². The number of quaternary nitrogens is 1. The number of para-hydroxylation sites is 1. The summed E-state index contributed by atoms with van der Waals surface area (Å²) in [6, 6.07) is 14.2. The first-order chi connectivity index (χ1) is 12.8. The number of amides is 1. The van der Waals surface area contributed by atoms with Gasteiger partial charge in [0, 0.05) is 11.4 Å². The fourth-order valence-corrected chi connectivity index (χ4v) is 5.13. The van der Waals surface area contributed by atoms with Gasteiger partial charge in [-0.1, -0.05) is 29.8 Å². The Balaban J connectivity index is 1.67. The van der Waals surface area contributed by atoms with E-state index in [1.165, 1.54) is 0 Å². The van der Waals surface area contributed by atoms with E-state index in [9.17, 15) is 13.2 Å². The number of benzene rings is 2. The summed E-state index contributed by atoms with van der Waals surface area (Å²) in [6.45, 7) is 0.164. The van der Waals surface area contributed by atoms with Crippen molar-refractivity contribution in [2.24, 2.45) is 0 Å². The van der Waals surface area contributed by atoms with Crippen molar-refractivity contribution in [2.75, 3.05) is 30.4 Å². The number of likely N-dealkylation sites (N-methyl/N-ethyl adjacent to an activating group) is 1. The molecule has 2 aromatic carbocycles. The summed E-state index contributed by atoms with van der Waals surface area (Å²) in [5.74, 6) is 1.23. The van der Waals surface area contributed by atoms with E-state index >= 15 is 0 Å². The van der Waals surface area contributed by atoms with E-state index in [1.54, 1.807) is 18.2 Å². The van der Waals surface area contributed by atoms with E-state index in [4.69, 9.17) is 16.3 Å². The molecule has 0 radical (unpaired) electrons. The standard InChI is InChI=1S/C19H21ClN2O4S/c1-22(15-9-10-27(24,25)13-15)12-19(23)21-17-11-14(20)7-8-18(17)26-16-5-3-2-4-6-16/h2-8,11,15H,9-10,12-13H2,1H3,(H,21,23)/p+1/t15-/m1/s1. The Morgan fingerprint density at radius 1 is 1.26 bits per heavy atom. The van der Waals surface area contributed by atoms with Gasteiger partial charge in [-0.2, -0.15) is 0 Å². The Kier molecular flexibility index (Phi) is 6.04. The fraction of sp³-hybridized carbons (Fsp3) is 0.316. The number of hydrogen-bond acceptors (Lipinski definition) is 4. The van der Waals surface area contributed by atoms with Gasteiger partial charge in [0.05, 0.1) is 18.5 Å². The van der Waals surface area contributed by atoms with Gasteiger partial charge < -0.3 is 15.0 Å². The molecule has 1 aliphatic rings. The average molecular weight is 410 g/mol. The summed E-state index contributed by atoms with van der Waals surface area (Å²) in [5, 5.41) is 3.31. The quantitative estimate of drug-likeness (QED) is 0.762. The second kappa shape index (κ2) is 8.29. The van der Waals surface area contributed by atoms with Crippen LogP contribution in [0.15, 0.2) is 48.5 Å². The van der Waals surface area contributed by atoms with Crippen LogP contribution in [0.4, 0.5) is 5.69 Å². The number of anilines is 1. The van der Waals surface area contributed by atoms with E-state index in [0.717, 1.165) is 4.90 Å².